The molecule has 5 aromatic rings. The summed E-state index contributed by atoms with van der Waals surface area (Å²) in [6, 6.07) is 24.1. The first kappa shape index (κ1) is 22.6. The number of fused-ring (bicyclic) bond motifs is 1. The maximum absolute atomic E-state index is 10.9. The van der Waals surface area contributed by atoms with Crippen LogP contribution >= 0.6 is 23.2 Å². The third-order valence-electron chi connectivity index (χ3n) is 6.17. The molecule has 0 amide bonds. The molecule has 3 aromatic carbocycles. The molecule has 6 heteroatoms. The summed E-state index contributed by atoms with van der Waals surface area (Å²) in [5.74, 6) is 0. The van der Waals surface area contributed by atoms with Gasteiger partial charge in [0.15, 0.2) is 0 Å². The van der Waals surface area contributed by atoms with E-state index in [0.717, 1.165) is 51.2 Å². The van der Waals surface area contributed by atoms with Crippen LogP contribution in [0.2, 0.25) is 10.2 Å². The van der Waals surface area contributed by atoms with Gasteiger partial charge in [-0.2, -0.15) is 0 Å². The summed E-state index contributed by atoms with van der Waals surface area (Å²) in [4.78, 5) is 8.63. The van der Waals surface area contributed by atoms with Crippen molar-refractivity contribution >= 4 is 34.1 Å². The molecule has 0 aliphatic heterocycles. The van der Waals surface area contributed by atoms with Gasteiger partial charge in [-0.25, -0.2) is 9.97 Å². The van der Waals surface area contributed by atoms with Gasteiger partial charge in [0.1, 0.15) is 11.3 Å². The lowest BCUT2D eigenvalue weighted by Gasteiger charge is -2.15. The van der Waals surface area contributed by atoms with Crippen molar-refractivity contribution in [2.24, 2.45) is 7.05 Å². The Labute approximate surface area is 208 Å². The minimum absolute atomic E-state index is 0.466. The Morgan fingerprint density at radius 1 is 0.912 bits per heavy atom. The summed E-state index contributed by atoms with van der Waals surface area (Å²) in [5.41, 5.74) is 7.02. The Hall–Kier alpha value is -3.18. The van der Waals surface area contributed by atoms with E-state index >= 15 is 0 Å². The second-order valence-corrected chi connectivity index (χ2v) is 9.20. The number of pyridine rings is 1. The molecule has 0 fully saturated rings. The zero-order valence-corrected chi connectivity index (χ0v) is 20.1. The molecule has 0 aliphatic rings. The molecular weight excluding hydrogens is 465 g/mol. The van der Waals surface area contributed by atoms with E-state index in [1.807, 2.05) is 60.1 Å². The summed E-state index contributed by atoms with van der Waals surface area (Å²) in [6.45, 7) is 0. The van der Waals surface area contributed by atoms with E-state index in [0.29, 0.717) is 5.15 Å². The van der Waals surface area contributed by atoms with Gasteiger partial charge in [0.2, 0.25) is 0 Å². The van der Waals surface area contributed by atoms with Gasteiger partial charge in [-0.3, -0.25) is 0 Å². The lowest BCUT2D eigenvalue weighted by molar-refractivity contribution is 0.211. The van der Waals surface area contributed by atoms with Crippen LogP contribution in [-0.4, -0.2) is 19.6 Å². The Morgan fingerprint density at radius 2 is 1.68 bits per heavy atom. The highest BCUT2D eigenvalue weighted by atomic mass is 35.5. The first-order chi connectivity index (χ1) is 16.5. The van der Waals surface area contributed by atoms with Gasteiger partial charge >= 0.3 is 0 Å². The maximum Gasteiger partial charge on any atom is 0.130 e. The number of hydrogen-bond acceptors (Lipinski definition) is 3. The molecule has 4 nitrogen and oxygen atoms in total. The zero-order chi connectivity index (χ0) is 23.7. The van der Waals surface area contributed by atoms with Gasteiger partial charge in [0.05, 0.1) is 23.7 Å². The first-order valence-corrected chi connectivity index (χ1v) is 11.8. The van der Waals surface area contributed by atoms with Crippen LogP contribution in [0.4, 0.5) is 0 Å². The van der Waals surface area contributed by atoms with E-state index in [1.165, 1.54) is 11.1 Å². The van der Waals surface area contributed by atoms with E-state index in [9.17, 15) is 5.11 Å². The van der Waals surface area contributed by atoms with E-state index in [2.05, 4.69) is 34.2 Å². The molecule has 1 N–H and O–H groups in total. The van der Waals surface area contributed by atoms with Crippen molar-refractivity contribution in [3.8, 4) is 11.1 Å². The van der Waals surface area contributed by atoms with Crippen molar-refractivity contribution in [1.82, 2.24) is 14.5 Å². The maximum atomic E-state index is 10.9. The third-order valence-corrected chi connectivity index (χ3v) is 6.62. The molecule has 34 heavy (non-hydrogen) atoms. The van der Waals surface area contributed by atoms with Crippen molar-refractivity contribution < 1.29 is 5.11 Å². The molecule has 0 saturated carbocycles. The Kier molecular flexibility index (Phi) is 6.38. The van der Waals surface area contributed by atoms with Gasteiger partial charge in [-0.05, 0) is 71.0 Å². The normalized spacial score (nSPS) is 12.2. The number of rotatable bonds is 6. The van der Waals surface area contributed by atoms with Crippen molar-refractivity contribution in [2.75, 3.05) is 0 Å². The van der Waals surface area contributed by atoms with Crippen LogP contribution in [0, 0.1) is 0 Å². The highest BCUT2D eigenvalue weighted by Gasteiger charge is 2.16. The first-order valence-electron chi connectivity index (χ1n) is 11.1. The van der Waals surface area contributed by atoms with Gasteiger partial charge in [0.25, 0.3) is 0 Å². The van der Waals surface area contributed by atoms with Crippen molar-refractivity contribution in [3.05, 3.63) is 118 Å². The van der Waals surface area contributed by atoms with Crippen LogP contribution in [0.25, 0.3) is 22.0 Å². The van der Waals surface area contributed by atoms with Crippen LogP contribution in [0.5, 0.6) is 0 Å². The number of aryl methyl sites for hydroxylation is 3. The summed E-state index contributed by atoms with van der Waals surface area (Å²) in [6.07, 6.45) is 4.22. The van der Waals surface area contributed by atoms with Gasteiger partial charge in [-0.1, -0.05) is 65.7 Å². The molecule has 0 bridgehead atoms. The zero-order valence-electron chi connectivity index (χ0n) is 18.6. The average Bonchev–Trinajstić information content (AvgIpc) is 3.28. The van der Waals surface area contributed by atoms with Crippen molar-refractivity contribution in [1.29, 1.82) is 0 Å². The molecule has 0 aliphatic carbocycles. The van der Waals surface area contributed by atoms with Crippen LogP contribution in [0.1, 0.15) is 28.5 Å². The van der Waals surface area contributed by atoms with Crippen molar-refractivity contribution in [2.45, 2.75) is 18.9 Å². The molecule has 2 heterocycles. The van der Waals surface area contributed by atoms with E-state index in [-0.39, 0.29) is 0 Å². The largest absolute Gasteiger partial charge is 0.382 e. The van der Waals surface area contributed by atoms with Crippen LogP contribution in [0.3, 0.4) is 0 Å². The fourth-order valence-electron chi connectivity index (χ4n) is 4.37. The number of aliphatic hydroxyl groups is 1. The molecule has 2 aromatic heterocycles. The minimum Gasteiger partial charge on any atom is -0.382 e. The third kappa shape index (κ3) is 4.58. The van der Waals surface area contributed by atoms with Gasteiger partial charge < -0.3 is 9.67 Å². The van der Waals surface area contributed by atoms with Crippen LogP contribution < -0.4 is 0 Å². The summed E-state index contributed by atoms with van der Waals surface area (Å²) in [5, 5.41) is 13.1. The summed E-state index contributed by atoms with van der Waals surface area (Å²) in [7, 11) is 1.87. The predicted molar refractivity (Wildman–Crippen MR) is 138 cm³/mol. The lowest BCUT2D eigenvalue weighted by atomic mass is 9.93. The molecule has 0 spiro atoms. The number of hydrogen-bond donors (Lipinski definition) is 1. The van der Waals surface area contributed by atoms with Crippen LogP contribution in [0.15, 0.2) is 85.3 Å². The highest BCUT2D eigenvalue weighted by molar-refractivity contribution is 6.30. The number of halogens is 2. The molecular formula is C28H23Cl2N3O. The molecule has 1 atom stereocenters. The standard InChI is InChI=1S/C28H23Cl2N3O/c1-33-17-31-16-26(33)28(34)21-10-13-25-24(14-21)20(15-27(30)32-25)7-6-18-4-2-3-5-23(18)19-8-11-22(29)12-9-19/h2-5,8-17,28,34H,6-7H2,1H3. The molecule has 0 radical (unpaired) electrons. The Morgan fingerprint density at radius 3 is 2.44 bits per heavy atom. The predicted octanol–water partition coefficient (Wildman–Crippen LogP) is 6.81. The van der Waals surface area contributed by atoms with Crippen LogP contribution in [-0.2, 0) is 19.9 Å². The SMILES string of the molecule is Cn1cncc1C(O)c1ccc2nc(Cl)cc(CCc3ccccc3-c3ccc(Cl)cc3)c2c1. The van der Waals surface area contributed by atoms with E-state index < -0.39 is 6.10 Å². The number of aliphatic hydroxyl groups excluding tert-OH is 1. The minimum atomic E-state index is -0.772. The number of imidazole rings is 1. The van der Waals surface area contributed by atoms with Gasteiger partial charge in [0, 0.05) is 17.5 Å². The Balaban J connectivity index is 1.49. The fraction of sp³-hybridized carbons (Fsp3) is 0.143. The Bertz CT molecular complexity index is 1460. The second kappa shape index (κ2) is 9.59. The highest BCUT2D eigenvalue weighted by Crippen LogP contribution is 2.30. The smallest absolute Gasteiger partial charge is 0.130 e. The lowest BCUT2D eigenvalue weighted by Crippen LogP contribution is -2.05. The van der Waals surface area contributed by atoms with Crippen molar-refractivity contribution in [3.63, 3.8) is 0 Å². The quantitative estimate of drug-likeness (QED) is 0.267. The summed E-state index contributed by atoms with van der Waals surface area (Å²) >= 11 is 12.5. The number of benzene rings is 3. The van der Waals surface area contributed by atoms with Gasteiger partial charge in [-0.15, -0.1) is 0 Å². The van der Waals surface area contributed by atoms with E-state index in [4.69, 9.17) is 23.2 Å². The molecule has 170 valence electrons. The second-order valence-electron chi connectivity index (χ2n) is 8.38. The number of aromatic nitrogens is 3. The monoisotopic (exact) mass is 487 g/mol. The van der Waals surface area contributed by atoms with E-state index in [1.54, 1.807) is 12.5 Å². The topological polar surface area (TPSA) is 50.9 Å². The molecule has 1 unspecified atom stereocenters. The molecule has 0 saturated heterocycles. The fourth-order valence-corrected chi connectivity index (χ4v) is 4.72. The summed E-state index contributed by atoms with van der Waals surface area (Å²) < 4.78 is 1.82. The number of nitrogens with zero attached hydrogens (tertiary/aromatic N) is 3. The molecule has 5 rings (SSSR count). The average molecular weight is 488 g/mol.